The first-order valence-corrected chi connectivity index (χ1v) is 13.6. The van der Waals surface area contributed by atoms with E-state index in [1.807, 2.05) is 0 Å². The zero-order chi connectivity index (χ0) is 22.6. The average molecular weight is 484 g/mol. The number of hydrogen-bond acceptors (Lipinski definition) is 5. The van der Waals surface area contributed by atoms with E-state index in [1.165, 1.54) is 35.7 Å². The zero-order valence-electron chi connectivity index (χ0n) is 18.6. The number of carbonyl (C=O) groups excluding carboxylic acids is 1. The second-order valence-corrected chi connectivity index (χ2v) is 11.6. The third kappa shape index (κ3) is 5.30. The molecule has 0 radical (unpaired) electrons. The summed E-state index contributed by atoms with van der Waals surface area (Å²) >= 11 is 5.88. The number of sulfonamides is 1. The van der Waals surface area contributed by atoms with E-state index in [-0.39, 0.29) is 22.3 Å². The van der Waals surface area contributed by atoms with Gasteiger partial charge in [0, 0.05) is 49.2 Å². The Morgan fingerprint density at radius 1 is 1.03 bits per heavy atom. The number of nitrogens with zero attached hydrogens (tertiary/aromatic N) is 2. The Balaban J connectivity index is 1.32. The van der Waals surface area contributed by atoms with Gasteiger partial charge in [-0.1, -0.05) is 30.9 Å². The van der Waals surface area contributed by atoms with Gasteiger partial charge in [0.05, 0.1) is 18.1 Å². The van der Waals surface area contributed by atoms with Crippen LogP contribution in [0.25, 0.3) is 0 Å². The van der Waals surface area contributed by atoms with Crippen LogP contribution in [0.3, 0.4) is 0 Å². The second-order valence-electron chi connectivity index (χ2n) is 9.23. The highest BCUT2D eigenvalue weighted by Crippen LogP contribution is 2.34. The number of ether oxygens (including phenoxy) is 1. The van der Waals surface area contributed by atoms with Crippen LogP contribution in [0.15, 0.2) is 29.2 Å². The molecule has 3 fully saturated rings. The van der Waals surface area contributed by atoms with Crippen LogP contribution in [-0.2, 0) is 19.6 Å². The van der Waals surface area contributed by atoms with E-state index in [1.54, 1.807) is 12.1 Å². The van der Waals surface area contributed by atoms with E-state index in [4.69, 9.17) is 16.3 Å². The van der Waals surface area contributed by atoms with Crippen molar-refractivity contribution in [1.29, 1.82) is 0 Å². The molecule has 2 heterocycles. The van der Waals surface area contributed by atoms with E-state index in [0.717, 1.165) is 39.1 Å². The summed E-state index contributed by atoms with van der Waals surface area (Å²) in [5.74, 6) is -0.0799. The van der Waals surface area contributed by atoms with Crippen molar-refractivity contribution in [2.24, 2.45) is 5.92 Å². The molecule has 3 aliphatic rings. The van der Waals surface area contributed by atoms with Gasteiger partial charge in [-0.25, -0.2) is 8.42 Å². The lowest BCUT2D eigenvalue weighted by molar-refractivity contribution is -0.127. The lowest BCUT2D eigenvalue weighted by atomic mass is 9.79. The highest BCUT2D eigenvalue weighted by Gasteiger charge is 2.40. The molecule has 1 aliphatic carbocycles. The Hall–Kier alpha value is -1.19. The number of carbonyl (C=O) groups is 1. The number of piperidine rings is 1. The maximum absolute atomic E-state index is 13.0. The molecule has 1 amide bonds. The second kappa shape index (κ2) is 10.4. The molecule has 32 heavy (non-hydrogen) atoms. The molecule has 1 N–H and O–H groups in total. The summed E-state index contributed by atoms with van der Waals surface area (Å²) in [6.45, 7) is 4.77. The van der Waals surface area contributed by atoms with E-state index in [0.29, 0.717) is 37.5 Å². The summed E-state index contributed by atoms with van der Waals surface area (Å²) in [5, 5.41) is 3.75. The minimum Gasteiger partial charge on any atom is -0.379 e. The summed E-state index contributed by atoms with van der Waals surface area (Å²) < 4.78 is 32.8. The number of rotatable bonds is 6. The van der Waals surface area contributed by atoms with Crippen molar-refractivity contribution in [3.63, 3.8) is 0 Å². The molecule has 1 saturated carbocycles. The normalized spacial score (nSPS) is 23.7. The van der Waals surface area contributed by atoms with Crippen LogP contribution < -0.4 is 5.32 Å². The van der Waals surface area contributed by atoms with Crippen LogP contribution >= 0.6 is 11.6 Å². The third-order valence-electron chi connectivity index (χ3n) is 7.33. The highest BCUT2D eigenvalue weighted by molar-refractivity contribution is 7.89. The Bertz CT molecular complexity index is 873. The molecule has 178 valence electrons. The van der Waals surface area contributed by atoms with Gasteiger partial charge >= 0.3 is 0 Å². The number of amides is 1. The van der Waals surface area contributed by atoms with E-state index >= 15 is 0 Å². The fourth-order valence-corrected chi connectivity index (χ4v) is 6.96. The van der Waals surface area contributed by atoms with Crippen LogP contribution in [0.1, 0.15) is 44.9 Å². The van der Waals surface area contributed by atoms with Crippen molar-refractivity contribution in [1.82, 2.24) is 14.5 Å². The molecule has 0 bridgehead atoms. The molecule has 1 aromatic rings. The summed E-state index contributed by atoms with van der Waals surface area (Å²) in [6, 6.07) is 6.24. The number of halogens is 1. The van der Waals surface area contributed by atoms with E-state index in [9.17, 15) is 13.2 Å². The van der Waals surface area contributed by atoms with Crippen molar-refractivity contribution in [3.05, 3.63) is 29.3 Å². The molecule has 0 unspecified atom stereocenters. The van der Waals surface area contributed by atoms with Crippen molar-refractivity contribution in [2.75, 3.05) is 45.9 Å². The number of morpholine rings is 1. The van der Waals surface area contributed by atoms with Gasteiger partial charge in [0.25, 0.3) is 0 Å². The average Bonchev–Trinajstić information content (AvgIpc) is 2.84. The predicted molar refractivity (Wildman–Crippen MR) is 124 cm³/mol. The quantitative estimate of drug-likeness (QED) is 0.673. The van der Waals surface area contributed by atoms with Gasteiger partial charge in [-0.05, 0) is 49.9 Å². The minimum absolute atomic E-state index is 0.0380. The zero-order valence-corrected chi connectivity index (χ0v) is 20.2. The smallest absolute Gasteiger partial charge is 0.243 e. The highest BCUT2D eigenvalue weighted by atomic mass is 35.5. The van der Waals surface area contributed by atoms with E-state index < -0.39 is 10.0 Å². The maximum atomic E-state index is 13.0. The van der Waals surface area contributed by atoms with Gasteiger partial charge < -0.3 is 10.1 Å². The molecule has 7 nitrogen and oxygen atoms in total. The first-order valence-electron chi connectivity index (χ1n) is 11.8. The monoisotopic (exact) mass is 483 g/mol. The van der Waals surface area contributed by atoms with Gasteiger partial charge in [-0.15, -0.1) is 0 Å². The predicted octanol–water partition coefficient (Wildman–Crippen LogP) is 2.89. The first-order chi connectivity index (χ1) is 15.4. The van der Waals surface area contributed by atoms with Gasteiger partial charge in [0.1, 0.15) is 0 Å². The SMILES string of the molecule is O=C(NCC1(N2CCOCC2)CCCCC1)C1CCN(S(=O)(=O)c2ccc(Cl)cc2)CC1. The van der Waals surface area contributed by atoms with Crippen molar-refractivity contribution in [2.45, 2.75) is 55.4 Å². The molecule has 9 heteroatoms. The van der Waals surface area contributed by atoms with Crippen LogP contribution in [-0.4, -0.2) is 75.0 Å². The molecule has 0 atom stereocenters. The number of hydrogen-bond donors (Lipinski definition) is 1. The molecule has 2 saturated heterocycles. The fraction of sp³-hybridized carbons (Fsp3) is 0.696. The van der Waals surface area contributed by atoms with Crippen LogP contribution in [0, 0.1) is 5.92 Å². The summed E-state index contributed by atoms with van der Waals surface area (Å²) in [4.78, 5) is 15.8. The maximum Gasteiger partial charge on any atom is 0.243 e. The lowest BCUT2D eigenvalue weighted by Crippen LogP contribution is -2.60. The summed E-state index contributed by atoms with van der Waals surface area (Å²) in [5.41, 5.74) is 0.0380. The van der Waals surface area contributed by atoms with E-state index in [2.05, 4.69) is 10.2 Å². The Morgan fingerprint density at radius 3 is 2.28 bits per heavy atom. The molecular weight excluding hydrogens is 450 g/mol. The largest absolute Gasteiger partial charge is 0.379 e. The van der Waals surface area contributed by atoms with Gasteiger partial charge in [-0.3, -0.25) is 9.69 Å². The third-order valence-corrected chi connectivity index (χ3v) is 9.50. The van der Waals surface area contributed by atoms with Crippen molar-refractivity contribution in [3.8, 4) is 0 Å². The van der Waals surface area contributed by atoms with Crippen LogP contribution in [0.4, 0.5) is 0 Å². The Kier molecular flexibility index (Phi) is 7.77. The fourth-order valence-electron chi connectivity index (χ4n) is 5.36. The van der Waals surface area contributed by atoms with Crippen LogP contribution in [0.5, 0.6) is 0 Å². The van der Waals surface area contributed by atoms with Crippen LogP contribution in [0.2, 0.25) is 5.02 Å². The molecule has 1 aromatic carbocycles. The molecule has 2 aliphatic heterocycles. The van der Waals surface area contributed by atoms with Crippen molar-refractivity contribution < 1.29 is 17.9 Å². The van der Waals surface area contributed by atoms with Gasteiger partial charge in [-0.2, -0.15) is 4.31 Å². The first kappa shape index (κ1) is 24.0. The topological polar surface area (TPSA) is 79.0 Å². The van der Waals surface area contributed by atoms with Gasteiger partial charge in [0.15, 0.2) is 0 Å². The minimum atomic E-state index is -3.56. The lowest BCUT2D eigenvalue weighted by Gasteiger charge is -2.48. The Morgan fingerprint density at radius 2 is 1.66 bits per heavy atom. The summed E-state index contributed by atoms with van der Waals surface area (Å²) in [7, 11) is -3.56. The molecule has 4 rings (SSSR count). The molecule has 0 spiro atoms. The molecule has 0 aromatic heterocycles. The van der Waals surface area contributed by atoms with Crippen molar-refractivity contribution >= 4 is 27.5 Å². The molecular formula is C23H34ClN3O4S. The van der Waals surface area contributed by atoms with Gasteiger partial charge in [0.2, 0.25) is 15.9 Å². The number of benzene rings is 1. The number of nitrogens with one attached hydrogen (secondary N) is 1. The standard InChI is InChI=1S/C23H34ClN3O4S/c24-20-4-6-21(7-5-20)32(29,30)27-12-8-19(9-13-27)22(28)25-18-23(10-2-1-3-11-23)26-14-16-31-17-15-26/h4-7,19H,1-3,8-18H2,(H,25,28). The Labute approximate surface area is 196 Å². The summed E-state index contributed by atoms with van der Waals surface area (Å²) in [6.07, 6.45) is 6.99.